The van der Waals surface area contributed by atoms with Gasteiger partial charge in [0, 0.05) is 6.42 Å². The largest absolute Gasteiger partial charge is 0.295 e. The van der Waals surface area contributed by atoms with Gasteiger partial charge in [-0.15, -0.1) is 0 Å². The van der Waals surface area contributed by atoms with Crippen LogP contribution in [0.2, 0.25) is 0 Å². The fourth-order valence-corrected chi connectivity index (χ4v) is 1.69. The minimum atomic E-state index is 0.228. The minimum Gasteiger partial charge on any atom is -0.295 e. The highest BCUT2D eigenvalue weighted by Crippen LogP contribution is 2.09. The zero-order valence-electron chi connectivity index (χ0n) is 10.7. The molecule has 0 aromatic rings. The summed E-state index contributed by atoms with van der Waals surface area (Å²) in [6.07, 6.45) is 15.9. The summed E-state index contributed by atoms with van der Waals surface area (Å²) in [6, 6.07) is 0. The van der Waals surface area contributed by atoms with E-state index in [0.717, 1.165) is 6.42 Å². The van der Waals surface area contributed by atoms with Gasteiger partial charge in [-0.25, -0.2) is 0 Å². The van der Waals surface area contributed by atoms with Crippen LogP contribution in [0, 0.1) is 0 Å². The average Bonchev–Trinajstić information content (AvgIpc) is 2.30. The van der Waals surface area contributed by atoms with E-state index in [4.69, 9.17) is 0 Å². The maximum atomic E-state index is 11.2. The predicted molar refractivity (Wildman–Crippen MR) is 71.6 cm³/mol. The topological polar surface area (TPSA) is 17.1 Å². The highest BCUT2D eigenvalue weighted by atomic mass is 16.1. The minimum absolute atomic E-state index is 0.228. The first kappa shape index (κ1) is 15.2. The van der Waals surface area contributed by atoms with Crippen molar-refractivity contribution in [2.75, 3.05) is 0 Å². The number of ketones is 1. The first-order valence-electron chi connectivity index (χ1n) is 6.63. The van der Waals surface area contributed by atoms with Gasteiger partial charge in [0.15, 0.2) is 5.78 Å². The van der Waals surface area contributed by atoms with E-state index in [1.54, 1.807) is 18.2 Å². The van der Waals surface area contributed by atoms with Gasteiger partial charge >= 0.3 is 0 Å². The van der Waals surface area contributed by atoms with Crippen LogP contribution in [0.25, 0.3) is 0 Å². The number of carbonyl (C=O) groups excluding carboxylic acids is 1. The van der Waals surface area contributed by atoms with Crippen molar-refractivity contribution >= 4 is 5.78 Å². The quantitative estimate of drug-likeness (QED) is 0.278. The maximum absolute atomic E-state index is 11.2. The van der Waals surface area contributed by atoms with Gasteiger partial charge in [-0.3, -0.25) is 4.79 Å². The highest BCUT2D eigenvalue weighted by molar-refractivity contribution is 5.89. The van der Waals surface area contributed by atoms with Gasteiger partial charge in [-0.1, -0.05) is 70.6 Å². The van der Waals surface area contributed by atoms with Gasteiger partial charge in [0.25, 0.3) is 0 Å². The second kappa shape index (κ2) is 12.2. The molecule has 1 nitrogen and oxygen atoms in total. The van der Waals surface area contributed by atoms with Crippen LogP contribution < -0.4 is 0 Å². The van der Waals surface area contributed by atoms with Crippen LogP contribution in [0.1, 0.15) is 64.7 Å². The van der Waals surface area contributed by atoms with E-state index < -0.39 is 0 Å². The Morgan fingerprint density at radius 1 is 1.00 bits per heavy atom. The molecule has 0 amide bonds. The van der Waals surface area contributed by atoms with E-state index in [1.807, 2.05) is 0 Å². The standard InChI is InChI=1S/C15H26O/c1-3-5-7-8-9-10-11-12-14-15(16)13-6-4-2/h4,6,13H,2-3,5,7-12,14H2,1H3/b13-6+. The van der Waals surface area contributed by atoms with Crippen molar-refractivity contribution in [1.82, 2.24) is 0 Å². The van der Waals surface area contributed by atoms with Crippen molar-refractivity contribution in [3.63, 3.8) is 0 Å². The molecule has 0 saturated carbocycles. The van der Waals surface area contributed by atoms with Crippen LogP contribution in [0.15, 0.2) is 24.8 Å². The lowest BCUT2D eigenvalue weighted by molar-refractivity contribution is -0.114. The second-order valence-electron chi connectivity index (χ2n) is 4.29. The molecule has 0 heterocycles. The lowest BCUT2D eigenvalue weighted by atomic mass is 10.1. The number of carbonyl (C=O) groups is 1. The van der Waals surface area contributed by atoms with Gasteiger partial charge in [-0.05, 0) is 12.5 Å². The third-order valence-electron chi connectivity index (χ3n) is 2.69. The molecule has 92 valence electrons. The molecule has 0 rings (SSSR count). The van der Waals surface area contributed by atoms with Crippen LogP contribution in [0.3, 0.4) is 0 Å². The fraction of sp³-hybridized carbons (Fsp3) is 0.667. The SMILES string of the molecule is C=C/C=C/C(=O)CCCCCCCCCC. The van der Waals surface area contributed by atoms with E-state index in [2.05, 4.69) is 13.5 Å². The molecule has 0 aliphatic rings. The summed E-state index contributed by atoms with van der Waals surface area (Å²) in [7, 11) is 0. The molecule has 0 aliphatic carbocycles. The maximum Gasteiger partial charge on any atom is 0.155 e. The van der Waals surface area contributed by atoms with E-state index in [9.17, 15) is 4.79 Å². The van der Waals surface area contributed by atoms with E-state index in [1.165, 1.54) is 44.9 Å². The summed E-state index contributed by atoms with van der Waals surface area (Å²) < 4.78 is 0. The molecule has 0 saturated heterocycles. The molecule has 0 aromatic carbocycles. The molecule has 0 aliphatic heterocycles. The van der Waals surface area contributed by atoms with E-state index >= 15 is 0 Å². The summed E-state index contributed by atoms with van der Waals surface area (Å²) in [5, 5.41) is 0. The third-order valence-corrected chi connectivity index (χ3v) is 2.69. The zero-order chi connectivity index (χ0) is 12.1. The van der Waals surface area contributed by atoms with Crippen molar-refractivity contribution in [1.29, 1.82) is 0 Å². The van der Waals surface area contributed by atoms with Crippen LogP contribution in [-0.4, -0.2) is 5.78 Å². The van der Waals surface area contributed by atoms with Gasteiger partial charge in [0.2, 0.25) is 0 Å². The number of hydrogen-bond acceptors (Lipinski definition) is 1. The Bertz CT molecular complexity index is 203. The second-order valence-corrected chi connectivity index (χ2v) is 4.29. The Morgan fingerprint density at radius 2 is 1.56 bits per heavy atom. The number of rotatable bonds is 11. The molecule has 0 radical (unpaired) electrons. The summed E-state index contributed by atoms with van der Waals surface area (Å²) >= 11 is 0. The molecule has 1 heteroatoms. The van der Waals surface area contributed by atoms with Crippen molar-refractivity contribution in [3.8, 4) is 0 Å². The van der Waals surface area contributed by atoms with Gasteiger partial charge < -0.3 is 0 Å². The molecule has 0 bridgehead atoms. The summed E-state index contributed by atoms with van der Waals surface area (Å²) in [5.74, 6) is 0.228. The smallest absolute Gasteiger partial charge is 0.155 e. The molecular weight excluding hydrogens is 196 g/mol. The zero-order valence-corrected chi connectivity index (χ0v) is 10.7. The molecule has 0 unspecified atom stereocenters. The third kappa shape index (κ3) is 11.2. The Kier molecular flexibility index (Phi) is 11.6. The molecule has 0 aromatic heterocycles. The molecule has 0 fully saturated rings. The van der Waals surface area contributed by atoms with Gasteiger partial charge in [-0.2, -0.15) is 0 Å². The van der Waals surface area contributed by atoms with Gasteiger partial charge in [0.05, 0.1) is 0 Å². The van der Waals surface area contributed by atoms with Gasteiger partial charge in [0.1, 0.15) is 0 Å². The summed E-state index contributed by atoms with van der Waals surface area (Å²) in [5.41, 5.74) is 0. The number of unbranched alkanes of at least 4 members (excludes halogenated alkanes) is 7. The van der Waals surface area contributed by atoms with Crippen LogP contribution in [-0.2, 0) is 4.79 Å². The Hall–Kier alpha value is -0.850. The average molecular weight is 222 g/mol. The Labute approximate surface area is 101 Å². The highest BCUT2D eigenvalue weighted by Gasteiger charge is 1.96. The van der Waals surface area contributed by atoms with Crippen molar-refractivity contribution in [2.45, 2.75) is 64.7 Å². The number of allylic oxidation sites excluding steroid dienone is 3. The first-order valence-corrected chi connectivity index (χ1v) is 6.63. The van der Waals surface area contributed by atoms with Crippen LogP contribution in [0.5, 0.6) is 0 Å². The van der Waals surface area contributed by atoms with Crippen molar-refractivity contribution in [2.24, 2.45) is 0 Å². The molecule has 0 spiro atoms. The Morgan fingerprint density at radius 3 is 2.12 bits per heavy atom. The summed E-state index contributed by atoms with van der Waals surface area (Å²) in [4.78, 5) is 11.2. The van der Waals surface area contributed by atoms with Crippen LogP contribution in [0.4, 0.5) is 0 Å². The van der Waals surface area contributed by atoms with E-state index in [-0.39, 0.29) is 5.78 Å². The lowest BCUT2D eigenvalue weighted by Crippen LogP contribution is -1.92. The molecule has 0 N–H and O–H groups in total. The Balaban J connectivity index is 3.17. The molecular formula is C15H26O. The predicted octanol–water partition coefficient (Wildman–Crippen LogP) is 4.83. The summed E-state index contributed by atoms with van der Waals surface area (Å²) in [6.45, 7) is 5.78. The monoisotopic (exact) mass is 222 g/mol. The van der Waals surface area contributed by atoms with Crippen molar-refractivity contribution < 1.29 is 4.79 Å². The fourth-order valence-electron chi connectivity index (χ4n) is 1.69. The van der Waals surface area contributed by atoms with E-state index in [0.29, 0.717) is 6.42 Å². The molecule has 0 atom stereocenters. The number of hydrogen-bond donors (Lipinski definition) is 0. The molecule has 16 heavy (non-hydrogen) atoms. The van der Waals surface area contributed by atoms with Crippen LogP contribution >= 0.6 is 0 Å². The lowest BCUT2D eigenvalue weighted by Gasteiger charge is -2.00. The normalized spacial score (nSPS) is 10.8. The first-order chi connectivity index (χ1) is 7.81. The van der Waals surface area contributed by atoms with Crippen molar-refractivity contribution in [3.05, 3.63) is 24.8 Å².